The molecule has 2 amide bonds. The molecule has 0 fully saturated rings. The molecular weight excluding hydrogens is 432 g/mol. The first-order chi connectivity index (χ1) is 13.3. The number of nitrogens with two attached hydrogens (primary N) is 1. The summed E-state index contributed by atoms with van der Waals surface area (Å²) in [5, 5.41) is 12.0. The number of carbonyl (C=O) groups excluding carboxylic acids is 2. The van der Waals surface area contributed by atoms with Gasteiger partial charge in [-0.05, 0) is 45.8 Å². The molecule has 0 saturated carbocycles. The van der Waals surface area contributed by atoms with Crippen LogP contribution < -0.4 is 20.5 Å². The van der Waals surface area contributed by atoms with E-state index in [1.54, 1.807) is 36.4 Å². The molecule has 0 spiro atoms. The first-order valence-corrected chi connectivity index (χ1v) is 8.97. The lowest BCUT2D eigenvalue weighted by atomic mass is 10.0. The lowest BCUT2D eigenvalue weighted by Crippen LogP contribution is -2.30. The number of ether oxygens (including phenoxy) is 2. The highest BCUT2D eigenvalue weighted by Crippen LogP contribution is 2.31. The van der Waals surface area contributed by atoms with Gasteiger partial charge in [0.2, 0.25) is 0 Å². The average molecular weight is 451 g/mol. The predicted octanol–water partition coefficient (Wildman–Crippen LogP) is 2.27. The zero-order valence-corrected chi connectivity index (χ0v) is 16.6. The SMILES string of the molecule is COc1cc([C@@H](CC(=O)O)NC(=O)c2ccccc2Br)ccc1OCC(N)=O. The van der Waals surface area contributed by atoms with E-state index < -0.39 is 23.8 Å². The van der Waals surface area contributed by atoms with E-state index in [0.717, 1.165) is 0 Å². The fraction of sp³-hybridized carbons (Fsp3) is 0.211. The minimum atomic E-state index is -1.08. The van der Waals surface area contributed by atoms with E-state index in [4.69, 9.17) is 15.2 Å². The average Bonchev–Trinajstić information content (AvgIpc) is 2.65. The fourth-order valence-corrected chi connectivity index (χ4v) is 2.94. The summed E-state index contributed by atoms with van der Waals surface area (Å²) in [5.74, 6) is -1.59. The zero-order valence-electron chi connectivity index (χ0n) is 15.0. The summed E-state index contributed by atoms with van der Waals surface area (Å²) in [6.07, 6.45) is -0.333. The third kappa shape index (κ3) is 5.71. The molecule has 0 aliphatic carbocycles. The Kier molecular flexibility index (Phi) is 7.39. The quantitative estimate of drug-likeness (QED) is 0.537. The Labute approximate surface area is 169 Å². The molecule has 0 bridgehead atoms. The van der Waals surface area contributed by atoms with E-state index in [1.807, 2.05) is 0 Å². The number of carbonyl (C=O) groups is 3. The monoisotopic (exact) mass is 450 g/mol. The molecule has 1 atom stereocenters. The summed E-state index contributed by atoms with van der Waals surface area (Å²) in [5.41, 5.74) is 5.95. The molecule has 0 heterocycles. The van der Waals surface area contributed by atoms with Gasteiger partial charge in [0, 0.05) is 4.47 Å². The Hall–Kier alpha value is -3.07. The van der Waals surface area contributed by atoms with Crippen LogP contribution in [0.5, 0.6) is 11.5 Å². The van der Waals surface area contributed by atoms with Crippen LogP contribution in [0, 0.1) is 0 Å². The summed E-state index contributed by atoms with van der Waals surface area (Å²) in [6.45, 7) is -0.326. The van der Waals surface area contributed by atoms with Crippen molar-refractivity contribution in [3.63, 3.8) is 0 Å². The van der Waals surface area contributed by atoms with E-state index in [2.05, 4.69) is 21.2 Å². The summed E-state index contributed by atoms with van der Waals surface area (Å²) in [7, 11) is 1.40. The number of hydrogen-bond acceptors (Lipinski definition) is 5. The molecule has 2 aromatic carbocycles. The minimum Gasteiger partial charge on any atom is -0.493 e. The molecule has 2 rings (SSSR count). The van der Waals surface area contributed by atoms with Crippen LogP contribution in [0.1, 0.15) is 28.4 Å². The molecular formula is C19H19BrN2O6. The lowest BCUT2D eigenvalue weighted by molar-refractivity contribution is -0.137. The summed E-state index contributed by atoms with van der Waals surface area (Å²) in [4.78, 5) is 34.8. The first-order valence-electron chi connectivity index (χ1n) is 8.18. The highest BCUT2D eigenvalue weighted by atomic mass is 79.9. The normalized spacial score (nSPS) is 11.4. The zero-order chi connectivity index (χ0) is 20.7. The Morgan fingerprint density at radius 3 is 2.50 bits per heavy atom. The summed E-state index contributed by atoms with van der Waals surface area (Å²) >= 11 is 3.30. The second-order valence-corrected chi connectivity index (χ2v) is 6.62. The van der Waals surface area contributed by atoms with Gasteiger partial charge >= 0.3 is 5.97 Å². The standard InChI is InChI=1S/C19H19BrN2O6/c1-27-16-8-11(6-7-15(16)28-10-17(21)23)14(9-18(24)25)22-19(26)12-4-2-3-5-13(12)20/h2-8,14H,9-10H2,1H3,(H2,21,23)(H,22,26)(H,24,25)/t14-/m1/s1. The Morgan fingerprint density at radius 2 is 1.89 bits per heavy atom. The molecule has 0 aromatic heterocycles. The van der Waals surface area contributed by atoms with Gasteiger partial charge in [0.15, 0.2) is 18.1 Å². The molecule has 0 aliphatic heterocycles. The highest BCUT2D eigenvalue weighted by molar-refractivity contribution is 9.10. The molecule has 28 heavy (non-hydrogen) atoms. The smallest absolute Gasteiger partial charge is 0.305 e. The number of rotatable bonds is 9. The van der Waals surface area contributed by atoms with Gasteiger partial charge in [0.25, 0.3) is 11.8 Å². The van der Waals surface area contributed by atoms with E-state index in [1.165, 1.54) is 13.2 Å². The van der Waals surface area contributed by atoms with Gasteiger partial charge in [0.1, 0.15) is 0 Å². The maximum absolute atomic E-state index is 12.6. The van der Waals surface area contributed by atoms with Gasteiger partial charge in [-0.3, -0.25) is 14.4 Å². The number of primary amides is 1. The number of amides is 2. The Bertz CT molecular complexity index is 886. The number of carboxylic acids is 1. The minimum absolute atomic E-state index is 0.274. The van der Waals surface area contributed by atoms with Crippen molar-refractivity contribution in [2.45, 2.75) is 12.5 Å². The number of halogens is 1. The van der Waals surface area contributed by atoms with Crippen molar-refractivity contribution in [2.24, 2.45) is 5.73 Å². The lowest BCUT2D eigenvalue weighted by Gasteiger charge is -2.20. The molecule has 9 heteroatoms. The number of aliphatic carboxylic acids is 1. The van der Waals surface area contributed by atoms with Gasteiger partial charge in [0.05, 0.1) is 25.1 Å². The van der Waals surface area contributed by atoms with Gasteiger partial charge in [-0.15, -0.1) is 0 Å². The van der Waals surface area contributed by atoms with Crippen LogP contribution in [-0.2, 0) is 9.59 Å². The van der Waals surface area contributed by atoms with Gasteiger partial charge in [-0.2, -0.15) is 0 Å². The summed E-state index contributed by atoms with van der Waals surface area (Å²) < 4.78 is 11.1. The van der Waals surface area contributed by atoms with Crippen LogP contribution in [0.25, 0.3) is 0 Å². The van der Waals surface area contributed by atoms with Crippen LogP contribution >= 0.6 is 15.9 Å². The highest BCUT2D eigenvalue weighted by Gasteiger charge is 2.21. The molecule has 0 saturated heterocycles. The third-order valence-electron chi connectivity index (χ3n) is 3.76. The molecule has 4 N–H and O–H groups in total. The Balaban J connectivity index is 2.29. The number of nitrogens with one attached hydrogen (secondary N) is 1. The van der Waals surface area contributed by atoms with Gasteiger partial charge < -0.3 is 25.6 Å². The fourth-order valence-electron chi connectivity index (χ4n) is 2.48. The van der Waals surface area contributed by atoms with Crippen molar-refractivity contribution in [1.82, 2.24) is 5.32 Å². The largest absolute Gasteiger partial charge is 0.493 e. The Morgan fingerprint density at radius 1 is 1.18 bits per heavy atom. The number of methoxy groups -OCH3 is 1. The number of hydrogen-bond donors (Lipinski definition) is 3. The van der Waals surface area contributed by atoms with Crippen molar-refractivity contribution in [3.05, 3.63) is 58.1 Å². The molecule has 0 unspecified atom stereocenters. The van der Waals surface area contributed by atoms with Crippen molar-refractivity contribution in [1.29, 1.82) is 0 Å². The molecule has 0 aliphatic rings. The molecule has 2 aromatic rings. The topological polar surface area (TPSA) is 128 Å². The van der Waals surface area contributed by atoms with E-state index in [-0.39, 0.29) is 24.5 Å². The van der Waals surface area contributed by atoms with E-state index in [0.29, 0.717) is 15.6 Å². The van der Waals surface area contributed by atoms with E-state index >= 15 is 0 Å². The van der Waals surface area contributed by atoms with Crippen LogP contribution in [0.4, 0.5) is 0 Å². The van der Waals surface area contributed by atoms with Gasteiger partial charge in [-0.25, -0.2) is 0 Å². The first kappa shape index (κ1) is 21.2. The van der Waals surface area contributed by atoms with Crippen LogP contribution in [0.3, 0.4) is 0 Å². The van der Waals surface area contributed by atoms with Crippen LogP contribution in [0.15, 0.2) is 46.9 Å². The number of carboxylic acid groups (broad SMARTS) is 1. The third-order valence-corrected chi connectivity index (χ3v) is 4.45. The predicted molar refractivity (Wildman–Crippen MR) is 104 cm³/mol. The van der Waals surface area contributed by atoms with Crippen molar-refractivity contribution in [3.8, 4) is 11.5 Å². The van der Waals surface area contributed by atoms with Crippen molar-refractivity contribution < 1.29 is 29.0 Å². The second kappa shape index (κ2) is 9.75. The summed E-state index contributed by atoms with van der Waals surface area (Å²) in [6, 6.07) is 10.7. The van der Waals surface area contributed by atoms with Gasteiger partial charge in [-0.1, -0.05) is 18.2 Å². The maximum atomic E-state index is 12.6. The van der Waals surface area contributed by atoms with Crippen molar-refractivity contribution >= 4 is 33.7 Å². The van der Waals surface area contributed by atoms with E-state index in [9.17, 15) is 19.5 Å². The maximum Gasteiger partial charge on any atom is 0.305 e. The van der Waals surface area contributed by atoms with Crippen LogP contribution in [0.2, 0.25) is 0 Å². The molecule has 0 radical (unpaired) electrons. The molecule has 148 valence electrons. The van der Waals surface area contributed by atoms with Crippen LogP contribution in [-0.4, -0.2) is 36.6 Å². The second-order valence-electron chi connectivity index (χ2n) is 5.77. The number of benzene rings is 2. The van der Waals surface area contributed by atoms with Crippen molar-refractivity contribution in [2.75, 3.05) is 13.7 Å². The molecule has 8 nitrogen and oxygen atoms in total.